The lowest BCUT2D eigenvalue weighted by atomic mass is 9.87. The smallest absolute Gasteiger partial charge is 0.255 e. The summed E-state index contributed by atoms with van der Waals surface area (Å²) in [6.07, 6.45) is 0. The molecule has 0 fully saturated rings. The lowest BCUT2D eigenvalue weighted by Crippen LogP contribution is -2.14. The molecule has 0 radical (unpaired) electrons. The van der Waals surface area contributed by atoms with E-state index < -0.39 is 0 Å². The maximum atomic E-state index is 12.3. The largest absolute Gasteiger partial charge is 0.326 e. The van der Waals surface area contributed by atoms with E-state index in [0.29, 0.717) is 11.3 Å². The van der Waals surface area contributed by atoms with Crippen molar-refractivity contribution in [2.45, 2.75) is 33.1 Å². The first-order valence-corrected chi connectivity index (χ1v) is 7.55. The van der Waals surface area contributed by atoms with Crippen molar-refractivity contribution in [1.82, 2.24) is 0 Å². The summed E-state index contributed by atoms with van der Waals surface area (Å²) in [6.45, 7) is 7.87. The molecule has 2 N–H and O–H groups in total. The lowest BCUT2D eigenvalue weighted by Gasteiger charge is -2.19. The zero-order chi connectivity index (χ0) is 17.0. The van der Waals surface area contributed by atoms with E-state index in [-0.39, 0.29) is 17.2 Å². The first-order valence-electron chi connectivity index (χ1n) is 7.55. The Labute approximate surface area is 136 Å². The van der Waals surface area contributed by atoms with Crippen LogP contribution < -0.4 is 10.6 Å². The molecule has 2 aromatic carbocycles. The number of hydrogen-bond acceptors (Lipinski definition) is 2. The van der Waals surface area contributed by atoms with Gasteiger partial charge in [0.2, 0.25) is 5.91 Å². The van der Waals surface area contributed by atoms with Gasteiger partial charge in [-0.25, -0.2) is 0 Å². The Bertz CT molecular complexity index is 713. The molecule has 0 aliphatic heterocycles. The van der Waals surface area contributed by atoms with Crippen molar-refractivity contribution in [2.24, 2.45) is 0 Å². The monoisotopic (exact) mass is 310 g/mol. The molecule has 4 nitrogen and oxygen atoms in total. The van der Waals surface area contributed by atoms with Crippen molar-refractivity contribution < 1.29 is 9.59 Å². The second-order valence-corrected chi connectivity index (χ2v) is 6.54. The molecule has 0 saturated carbocycles. The van der Waals surface area contributed by atoms with E-state index in [1.807, 2.05) is 24.3 Å². The maximum absolute atomic E-state index is 12.3. The van der Waals surface area contributed by atoms with E-state index in [1.165, 1.54) is 12.5 Å². The molecule has 0 aliphatic rings. The molecule has 2 amide bonds. The highest BCUT2D eigenvalue weighted by Crippen LogP contribution is 2.23. The summed E-state index contributed by atoms with van der Waals surface area (Å²) in [7, 11) is 0. The quantitative estimate of drug-likeness (QED) is 0.893. The second kappa shape index (κ2) is 6.65. The molecule has 0 bridgehead atoms. The second-order valence-electron chi connectivity index (χ2n) is 6.54. The van der Waals surface area contributed by atoms with Crippen LogP contribution >= 0.6 is 0 Å². The van der Waals surface area contributed by atoms with Gasteiger partial charge in [0.15, 0.2) is 0 Å². The van der Waals surface area contributed by atoms with Crippen molar-refractivity contribution in [1.29, 1.82) is 0 Å². The Kier molecular flexibility index (Phi) is 4.84. The van der Waals surface area contributed by atoms with Crippen LogP contribution in [0.4, 0.5) is 11.4 Å². The van der Waals surface area contributed by atoms with Crippen LogP contribution in [0.2, 0.25) is 0 Å². The number of carbonyl (C=O) groups is 2. The summed E-state index contributed by atoms with van der Waals surface area (Å²) >= 11 is 0. The van der Waals surface area contributed by atoms with Gasteiger partial charge >= 0.3 is 0 Å². The van der Waals surface area contributed by atoms with E-state index in [1.54, 1.807) is 24.3 Å². The molecule has 2 aromatic rings. The number of rotatable bonds is 3. The first-order chi connectivity index (χ1) is 10.8. The SMILES string of the molecule is CC(=O)Nc1cccc(C(=O)Nc2ccc(C(C)(C)C)cc2)c1. The third-order valence-electron chi connectivity index (χ3n) is 3.45. The minimum absolute atomic E-state index is 0.0786. The normalized spacial score (nSPS) is 11.0. The van der Waals surface area contributed by atoms with Crippen molar-refractivity contribution in [3.8, 4) is 0 Å². The summed E-state index contributed by atoms with van der Waals surface area (Å²) in [6, 6.07) is 14.7. The number of benzene rings is 2. The van der Waals surface area contributed by atoms with Crippen molar-refractivity contribution in [2.75, 3.05) is 10.6 Å². The Morgan fingerprint density at radius 3 is 2.09 bits per heavy atom. The van der Waals surface area contributed by atoms with Gasteiger partial charge in [0.05, 0.1) is 0 Å². The van der Waals surface area contributed by atoms with Gasteiger partial charge in [-0.2, -0.15) is 0 Å². The minimum Gasteiger partial charge on any atom is -0.326 e. The molecule has 0 aromatic heterocycles. The van der Waals surface area contributed by atoms with E-state index in [2.05, 4.69) is 31.4 Å². The van der Waals surface area contributed by atoms with Gasteiger partial charge in [-0.1, -0.05) is 39.0 Å². The maximum Gasteiger partial charge on any atom is 0.255 e. The molecule has 4 heteroatoms. The summed E-state index contributed by atoms with van der Waals surface area (Å²) in [5.41, 5.74) is 3.13. The molecule has 0 saturated heterocycles. The predicted octanol–water partition coefficient (Wildman–Crippen LogP) is 4.19. The molecule has 23 heavy (non-hydrogen) atoms. The summed E-state index contributed by atoms with van der Waals surface area (Å²) in [5, 5.41) is 5.53. The Morgan fingerprint density at radius 2 is 1.52 bits per heavy atom. The predicted molar refractivity (Wildman–Crippen MR) is 93.8 cm³/mol. The van der Waals surface area contributed by atoms with Crippen molar-refractivity contribution in [3.63, 3.8) is 0 Å². The molecule has 0 aliphatic carbocycles. The zero-order valence-electron chi connectivity index (χ0n) is 13.9. The number of carbonyl (C=O) groups excluding carboxylic acids is 2. The summed E-state index contributed by atoms with van der Waals surface area (Å²) in [4.78, 5) is 23.4. The van der Waals surface area contributed by atoms with Crippen molar-refractivity contribution >= 4 is 23.2 Å². The van der Waals surface area contributed by atoms with E-state index >= 15 is 0 Å². The standard InChI is InChI=1S/C19H22N2O2/c1-13(22)20-17-7-5-6-14(12-17)18(23)21-16-10-8-15(9-11-16)19(2,3)4/h5-12H,1-4H3,(H,20,22)(H,21,23). The van der Waals surface area contributed by atoms with E-state index in [0.717, 1.165) is 5.69 Å². The van der Waals surface area contributed by atoms with Crippen LogP contribution in [0.1, 0.15) is 43.6 Å². The van der Waals surface area contributed by atoms with Gasteiger partial charge in [-0.15, -0.1) is 0 Å². The number of hydrogen-bond donors (Lipinski definition) is 2. The van der Waals surface area contributed by atoms with Gasteiger partial charge in [0, 0.05) is 23.9 Å². The summed E-state index contributed by atoms with van der Waals surface area (Å²) in [5.74, 6) is -0.374. The molecule has 0 spiro atoms. The lowest BCUT2D eigenvalue weighted by molar-refractivity contribution is -0.114. The van der Waals surface area contributed by atoms with Crippen LogP contribution in [0.3, 0.4) is 0 Å². The average molecular weight is 310 g/mol. The highest BCUT2D eigenvalue weighted by molar-refractivity contribution is 6.05. The van der Waals surface area contributed by atoms with E-state index in [9.17, 15) is 9.59 Å². The first kappa shape index (κ1) is 16.7. The van der Waals surface area contributed by atoms with Crippen LogP contribution in [-0.2, 0) is 10.2 Å². The number of amides is 2. The zero-order valence-corrected chi connectivity index (χ0v) is 13.9. The molecular formula is C19H22N2O2. The molecule has 120 valence electrons. The highest BCUT2D eigenvalue weighted by atomic mass is 16.2. The third kappa shape index (κ3) is 4.68. The van der Waals surface area contributed by atoms with Crippen molar-refractivity contribution in [3.05, 3.63) is 59.7 Å². The minimum atomic E-state index is -0.208. The Hall–Kier alpha value is -2.62. The number of anilines is 2. The van der Waals surface area contributed by atoms with Crippen LogP contribution in [0.25, 0.3) is 0 Å². The topological polar surface area (TPSA) is 58.2 Å². The van der Waals surface area contributed by atoms with Gasteiger partial charge in [-0.3, -0.25) is 9.59 Å². The van der Waals surface area contributed by atoms with Gasteiger partial charge in [0.25, 0.3) is 5.91 Å². The Balaban J connectivity index is 2.11. The highest BCUT2D eigenvalue weighted by Gasteiger charge is 2.13. The Morgan fingerprint density at radius 1 is 0.870 bits per heavy atom. The molecular weight excluding hydrogens is 288 g/mol. The van der Waals surface area contributed by atoms with Crippen LogP contribution in [0, 0.1) is 0 Å². The third-order valence-corrected chi connectivity index (χ3v) is 3.45. The van der Waals surface area contributed by atoms with Crippen LogP contribution in [-0.4, -0.2) is 11.8 Å². The summed E-state index contributed by atoms with van der Waals surface area (Å²) < 4.78 is 0. The van der Waals surface area contributed by atoms with Gasteiger partial charge in [0.1, 0.15) is 0 Å². The fourth-order valence-electron chi connectivity index (χ4n) is 2.20. The van der Waals surface area contributed by atoms with E-state index in [4.69, 9.17) is 0 Å². The molecule has 0 atom stereocenters. The van der Waals surface area contributed by atoms with Gasteiger partial charge < -0.3 is 10.6 Å². The average Bonchev–Trinajstić information content (AvgIpc) is 2.46. The molecule has 2 rings (SSSR count). The molecule has 0 unspecified atom stereocenters. The van der Waals surface area contributed by atoms with Crippen LogP contribution in [0.15, 0.2) is 48.5 Å². The number of nitrogens with one attached hydrogen (secondary N) is 2. The fraction of sp³-hybridized carbons (Fsp3) is 0.263. The fourth-order valence-corrected chi connectivity index (χ4v) is 2.20. The van der Waals surface area contributed by atoms with Gasteiger partial charge in [-0.05, 0) is 41.3 Å². The van der Waals surface area contributed by atoms with Crippen LogP contribution in [0.5, 0.6) is 0 Å². The molecule has 0 heterocycles.